The van der Waals surface area contributed by atoms with E-state index in [4.69, 9.17) is 17.0 Å². The van der Waals surface area contributed by atoms with Crippen molar-refractivity contribution in [3.8, 4) is 0 Å². The number of hydrogen-bond acceptors (Lipinski definition) is 4. The summed E-state index contributed by atoms with van der Waals surface area (Å²) in [7, 11) is 0. The van der Waals surface area contributed by atoms with Gasteiger partial charge in [0.1, 0.15) is 6.04 Å². The van der Waals surface area contributed by atoms with Crippen LogP contribution in [0.3, 0.4) is 0 Å². The summed E-state index contributed by atoms with van der Waals surface area (Å²) in [6.07, 6.45) is 2.52. The fourth-order valence-electron chi connectivity index (χ4n) is 1.85. The van der Waals surface area contributed by atoms with Gasteiger partial charge in [0.25, 0.3) is 0 Å². The van der Waals surface area contributed by atoms with E-state index in [0.717, 1.165) is 21.5 Å². The number of hydrogen-bond donors (Lipinski definition) is 2. The van der Waals surface area contributed by atoms with Crippen molar-refractivity contribution in [2.75, 3.05) is 17.3 Å². The second-order valence-electron chi connectivity index (χ2n) is 5.38. The first-order chi connectivity index (χ1) is 10.8. The molecule has 0 radical (unpaired) electrons. The average molecular weight is 419 g/mol. The summed E-state index contributed by atoms with van der Waals surface area (Å²) < 4.78 is 6.33. The summed E-state index contributed by atoms with van der Waals surface area (Å²) in [5.74, 6) is 0.579. The van der Waals surface area contributed by atoms with Crippen LogP contribution in [0.15, 0.2) is 22.7 Å². The third-order valence-electron chi connectivity index (χ3n) is 2.97. The van der Waals surface area contributed by atoms with Crippen LogP contribution in [-0.2, 0) is 9.53 Å². The molecule has 0 saturated heterocycles. The van der Waals surface area contributed by atoms with E-state index in [-0.39, 0.29) is 12.1 Å². The summed E-state index contributed by atoms with van der Waals surface area (Å²) in [6.45, 7) is 5.68. The van der Waals surface area contributed by atoms with Gasteiger partial charge in [0.15, 0.2) is 5.11 Å². The van der Waals surface area contributed by atoms with Gasteiger partial charge in [0.2, 0.25) is 0 Å². The molecule has 1 unspecified atom stereocenters. The number of anilines is 1. The number of nitrogens with one attached hydrogen (secondary N) is 2. The van der Waals surface area contributed by atoms with Crippen molar-refractivity contribution >= 4 is 56.7 Å². The number of benzene rings is 1. The Morgan fingerprint density at radius 3 is 2.70 bits per heavy atom. The molecule has 0 heterocycles. The molecule has 0 saturated carbocycles. The van der Waals surface area contributed by atoms with Gasteiger partial charge in [-0.3, -0.25) is 0 Å². The average Bonchev–Trinajstić information content (AvgIpc) is 2.46. The second kappa shape index (κ2) is 10.2. The Balaban J connectivity index is 2.67. The van der Waals surface area contributed by atoms with Gasteiger partial charge >= 0.3 is 5.97 Å². The minimum atomic E-state index is -0.443. The number of rotatable bonds is 7. The van der Waals surface area contributed by atoms with Crippen LogP contribution >= 0.6 is 39.9 Å². The number of carbonyl (C=O) groups excluding carboxylic acids is 1. The molecule has 0 bridgehead atoms. The molecule has 0 aliphatic carbocycles. The SMILES string of the molecule is CSCCC(NC(=S)Nc1ccc(Br)c(C)c1)C(=O)OC(C)C. The van der Waals surface area contributed by atoms with Crippen molar-refractivity contribution in [3.63, 3.8) is 0 Å². The van der Waals surface area contributed by atoms with Crippen LogP contribution in [-0.4, -0.2) is 35.2 Å². The third kappa shape index (κ3) is 7.54. The second-order valence-corrected chi connectivity index (χ2v) is 7.63. The number of thiocarbonyl (C=S) groups is 1. The summed E-state index contributed by atoms with van der Waals surface area (Å²) in [6, 6.07) is 5.43. The summed E-state index contributed by atoms with van der Waals surface area (Å²) in [5, 5.41) is 6.59. The number of esters is 1. The standard InChI is InChI=1S/C16H23BrN2O2S2/c1-10(2)21-15(20)14(7-8-23-4)19-16(22)18-12-5-6-13(17)11(3)9-12/h5-6,9-10,14H,7-8H2,1-4H3,(H2,18,19,22). The predicted molar refractivity (Wildman–Crippen MR) is 106 cm³/mol. The van der Waals surface area contributed by atoms with Gasteiger partial charge in [-0.15, -0.1) is 0 Å². The minimum absolute atomic E-state index is 0.142. The van der Waals surface area contributed by atoms with Crippen LogP contribution < -0.4 is 10.6 Å². The molecular weight excluding hydrogens is 396 g/mol. The largest absolute Gasteiger partial charge is 0.461 e. The topological polar surface area (TPSA) is 50.4 Å². The van der Waals surface area contributed by atoms with E-state index in [0.29, 0.717) is 11.5 Å². The zero-order chi connectivity index (χ0) is 17.4. The maximum atomic E-state index is 12.2. The predicted octanol–water partition coefficient (Wildman–Crippen LogP) is 4.12. The quantitative estimate of drug-likeness (QED) is 0.512. The van der Waals surface area contributed by atoms with E-state index in [1.165, 1.54) is 0 Å². The normalized spacial score (nSPS) is 11.9. The van der Waals surface area contributed by atoms with Crippen LogP contribution in [0.1, 0.15) is 25.8 Å². The molecule has 1 aromatic carbocycles. The number of carbonyl (C=O) groups is 1. The molecule has 1 rings (SSSR count). The van der Waals surface area contributed by atoms with Gasteiger partial charge in [-0.05, 0) is 75.2 Å². The minimum Gasteiger partial charge on any atom is -0.461 e. The monoisotopic (exact) mass is 418 g/mol. The molecule has 128 valence electrons. The molecule has 2 N–H and O–H groups in total. The maximum absolute atomic E-state index is 12.2. The van der Waals surface area contributed by atoms with E-state index >= 15 is 0 Å². The lowest BCUT2D eigenvalue weighted by atomic mass is 10.2. The highest BCUT2D eigenvalue weighted by Crippen LogP contribution is 2.20. The lowest BCUT2D eigenvalue weighted by Crippen LogP contribution is -2.44. The fourth-order valence-corrected chi connectivity index (χ4v) is 2.83. The van der Waals surface area contributed by atoms with Crippen molar-refractivity contribution in [1.82, 2.24) is 5.32 Å². The molecule has 0 spiro atoms. The number of halogens is 1. The molecule has 1 atom stereocenters. The third-order valence-corrected chi connectivity index (χ3v) is 4.72. The van der Waals surface area contributed by atoms with Crippen molar-refractivity contribution in [2.24, 2.45) is 0 Å². The first-order valence-electron chi connectivity index (χ1n) is 7.36. The smallest absolute Gasteiger partial charge is 0.328 e. The Bertz CT molecular complexity index is 553. The highest BCUT2D eigenvalue weighted by Gasteiger charge is 2.21. The molecule has 4 nitrogen and oxygen atoms in total. The molecule has 0 aliphatic rings. The molecule has 0 fully saturated rings. The van der Waals surface area contributed by atoms with Gasteiger partial charge in [-0.2, -0.15) is 11.8 Å². The maximum Gasteiger partial charge on any atom is 0.328 e. The summed E-state index contributed by atoms with van der Waals surface area (Å²) >= 11 is 10.5. The number of aryl methyl sites for hydroxylation is 1. The molecular formula is C16H23BrN2O2S2. The Kier molecular flexibility index (Phi) is 8.94. The van der Waals surface area contributed by atoms with Crippen LogP contribution in [0.5, 0.6) is 0 Å². The summed E-state index contributed by atoms with van der Waals surface area (Å²) in [4.78, 5) is 12.2. The molecule has 0 aliphatic heterocycles. The highest BCUT2D eigenvalue weighted by molar-refractivity contribution is 9.10. The van der Waals surface area contributed by atoms with Gasteiger partial charge in [0, 0.05) is 10.2 Å². The van der Waals surface area contributed by atoms with Gasteiger partial charge in [-0.25, -0.2) is 4.79 Å². The number of thioether (sulfide) groups is 1. The van der Waals surface area contributed by atoms with Crippen LogP contribution in [0.2, 0.25) is 0 Å². The Morgan fingerprint density at radius 1 is 1.43 bits per heavy atom. The highest BCUT2D eigenvalue weighted by atomic mass is 79.9. The Labute approximate surface area is 156 Å². The van der Waals surface area contributed by atoms with E-state index in [1.807, 2.05) is 45.2 Å². The molecule has 0 amide bonds. The van der Waals surface area contributed by atoms with Crippen LogP contribution in [0.4, 0.5) is 5.69 Å². The van der Waals surface area contributed by atoms with Crippen molar-refractivity contribution in [3.05, 3.63) is 28.2 Å². The summed E-state index contributed by atoms with van der Waals surface area (Å²) in [5.41, 5.74) is 1.99. The molecule has 23 heavy (non-hydrogen) atoms. The van der Waals surface area contributed by atoms with Gasteiger partial charge < -0.3 is 15.4 Å². The lowest BCUT2D eigenvalue weighted by Gasteiger charge is -2.21. The van der Waals surface area contributed by atoms with Crippen LogP contribution in [0, 0.1) is 6.92 Å². The Hall–Kier alpha value is -0.790. The molecule has 7 heteroatoms. The zero-order valence-electron chi connectivity index (χ0n) is 13.8. The van der Waals surface area contributed by atoms with E-state index < -0.39 is 6.04 Å². The van der Waals surface area contributed by atoms with E-state index in [9.17, 15) is 4.79 Å². The first kappa shape index (κ1) is 20.3. The Morgan fingerprint density at radius 2 is 2.13 bits per heavy atom. The number of ether oxygens (including phenoxy) is 1. The van der Waals surface area contributed by atoms with E-state index in [1.54, 1.807) is 11.8 Å². The molecule has 1 aromatic rings. The fraction of sp³-hybridized carbons (Fsp3) is 0.500. The molecule has 0 aromatic heterocycles. The van der Waals surface area contributed by atoms with Crippen LogP contribution in [0.25, 0.3) is 0 Å². The lowest BCUT2D eigenvalue weighted by molar-refractivity contribution is -0.149. The zero-order valence-corrected chi connectivity index (χ0v) is 17.0. The van der Waals surface area contributed by atoms with Gasteiger partial charge in [-0.1, -0.05) is 15.9 Å². The van der Waals surface area contributed by atoms with Crippen molar-refractivity contribution in [1.29, 1.82) is 0 Å². The van der Waals surface area contributed by atoms with Gasteiger partial charge in [0.05, 0.1) is 6.10 Å². The van der Waals surface area contributed by atoms with E-state index in [2.05, 4.69) is 26.6 Å². The van der Waals surface area contributed by atoms with Crippen molar-refractivity contribution < 1.29 is 9.53 Å². The first-order valence-corrected chi connectivity index (χ1v) is 9.96. The van der Waals surface area contributed by atoms with Crippen molar-refractivity contribution in [2.45, 2.75) is 39.3 Å².